The predicted octanol–water partition coefficient (Wildman–Crippen LogP) is 2.99. The molecule has 188 valence electrons. The van der Waals surface area contributed by atoms with Gasteiger partial charge < -0.3 is 20.1 Å². The molecule has 1 heterocycles. The molecule has 2 N–H and O–H groups in total. The van der Waals surface area contributed by atoms with Crippen molar-refractivity contribution >= 4 is 23.8 Å². The van der Waals surface area contributed by atoms with E-state index in [1.807, 2.05) is 58.0 Å². The van der Waals surface area contributed by atoms with Gasteiger partial charge >= 0.3 is 11.9 Å². The van der Waals surface area contributed by atoms with Crippen molar-refractivity contribution in [2.24, 2.45) is 23.7 Å². The molecule has 1 aliphatic heterocycles. The number of carbonyl (C=O) groups is 4. The van der Waals surface area contributed by atoms with Gasteiger partial charge in [-0.25, -0.2) is 4.79 Å². The van der Waals surface area contributed by atoms with E-state index in [0.29, 0.717) is 6.42 Å². The number of rotatable bonds is 12. The van der Waals surface area contributed by atoms with E-state index in [2.05, 4.69) is 10.6 Å². The second-order valence-corrected chi connectivity index (χ2v) is 9.78. The van der Waals surface area contributed by atoms with Gasteiger partial charge in [-0.05, 0) is 29.7 Å². The van der Waals surface area contributed by atoms with E-state index in [4.69, 9.17) is 9.47 Å². The first-order valence-corrected chi connectivity index (χ1v) is 12.1. The summed E-state index contributed by atoms with van der Waals surface area (Å²) in [5.74, 6) is -2.51. The van der Waals surface area contributed by atoms with Crippen LogP contribution in [0.5, 0.6) is 0 Å². The highest BCUT2D eigenvalue weighted by molar-refractivity contribution is 5.97. The molecule has 0 aromatic heterocycles. The van der Waals surface area contributed by atoms with Gasteiger partial charge in [0.1, 0.15) is 24.6 Å². The Labute approximate surface area is 202 Å². The molecule has 5 atom stereocenters. The highest BCUT2D eigenvalue weighted by Gasteiger charge is 2.50. The van der Waals surface area contributed by atoms with Crippen molar-refractivity contribution in [2.75, 3.05) is 0 Å². The van der Waals surface area contributed by atoms with E-state index >= 15 is 0 Å². The van der Waals surface area contributed by atoms with Crippen LogP contribution < -0.4 is 10.6 Å². The van der Waals surface area contributed by atoms with Crippen LogP contribution in [0.4, 0.5) is 0 Å². The number of nitrogens with one attached hydrogen (secondary N) is 2. The van der Waals surface area contributed by atoms with E-state index in [9.17, 15) is 19.2 Å². The zero-order chi connectivity index (χ0) is 25.4. The Morgan fingerprint density at radius 1 is 1.03 bits per heavy atom. The Bertz CT molecular complexity index is 854. The number of carbonyl (C=O) groups excluding carboxylic acids is 4. The van der Waals surface area contributed by atoms with Crippen molar-refractivity contribution in [1.29, 1.82) is 0 Å². The first-order valence-electron chi connectivity index (χ1n) is 12.1. The van der Waals surface area contributed by atoms with Gasteiger partial charge in [-0.3, -0.25) is 14.4 Å². The fourth-order valence-corrected chi connectivity index (χ4v) is 3.88. The minimum atomic E-state index is -0.904. The van der Waals surface area contributed by atoms with Crippen molar-refractivity contribution < 1.29 is 28.7 Å². The minimum absolute atomic E-state index is 0.00173. The summed E-state index contributed by atoms with van der Waals surface area (Å²) in [5.41, 5.74) is 0.851. The topological polar surface area (TPSA) is 111 Å². The summed E-state index contributed by atoms with van der Waals surface area (Å²) in [4.78, 5) is 50.6. The lowest BCUT2D eigenvalue weighted by Crippen LogP contribution is -2.61. The van der Waals surface area contributed by atoms with E-state index in [1.165, 1.54) is 0 Å². The van der Waals surface area contributed by atoms with Crippen LogP contribution in [0.2, 0.25) is 0 Å². The molecule has 1 aromatic rings. The Balaban J connectivity index is 2.04. The molecular weight excluding hydrogens is 436 g/mol. The molecule has 0 aliphatic carbocycles. The van der Waals surface area contributed by atoms with Gasteiger partial charge in [-0.2, -0.15) is 0 Å². The summed E-state index contributed by atoms with van der Waals surface area (Å²) in [7, 11) is 0. The highest BCUT2D eigenvalue weighted by Crippen LogP contribution is 2.31. The molecule has 34 heavy (non-hydrogen) atoms. The number of amides is 2. The van der Waals surface area contributed by atoms with E-state index in [1.54, 1.807) is 13.8 Å². The van der Waals surface area contributed by atoms with Crippen molar-refractivity contribution in [3.63, 3.8) is 0 Å². The molecule has 1 aromatic carbocycles. The standard InChI is InChI=1S/C26H38N2O6/c1-7-17(6)20-22(34-26(20)32)24(30)28-21(16(4)5)23(29)27-19(13-15(2)3)25(31)33-14-18-11-9-8-10-12-18/h8-12,15-17,19-22H,7,13-14H2,1-6H3,(H,27,29)(H,28,30). The van der Waals surface area contributed by atoms with Crippen molar-refractivity contribution in [3.05, 3.63) is 35.9 Å². The Morgan fingerprint density at radius 3 is 2.21 bits per heavy atom. The van der Waals surface area contributed by atoms with Crippen molar-refractivity contribution in [2.45, 2.75) is 79.2 Å². The third kappa shape index (κ3) is 7.30. The van der Waals surface area contributed by atoms with E-state index in [-0.39, 0.29) is 24.4 Å². The molecule has 0 radical (unpaired) electrons. The van der Waals surface area contributed by atoms with Gasteiger partial charge in [0.15, 0.2) is 6.10 Å². The third-order valence-corrected chi connectivity index (χ3v) is 6.14. The van der Waals surface area contributed by atoms with Crippen molar-refractivity contribution in [3.8, 4) is 0 Å². The fourth-order valence-electron chi connectivity index (χ4n) is 3.88. The van der Waals surface area contributed by atoms with Gasteiger partial charge in [0, 0.05) is 0 Å². The first kappa shape index (κ1) is 27.3. The maximum Gasteiger partial charge on any atom is 0.328 e. The molecule has 0 bridgehead atoms. The van der Waals surface area contributed by atoms with Crippen LogP contribution in [0.25, 0.3) is 0 Å². The van der Waals surface area contributed by atoms with Gasteiger partial charge in [0.2, 0.25) is 5.91 Å². The maximum absolute atomic E-state index is 13.1. The van der Waals surface area contributed by atoms with E-state index in [0.717, 1.165) is 12.0 Å². The first-order chi connectivity index (χ1) is 16.0. The average Bonchev–Trinajstić information content (AvgIpc) is 2.78. The largest absolute Gasteiger partial charge is 0.459 e. The van der Waals surface area contributed by atoms with Crippen LogP contribution in [0.3, 0.4) is 0 Å². The molecular formula is C26H38N2O6. The molecule has 1 aliphatic rings. The molecule has 2 amide bonds. The second kappa shape index (κ2) is 12.5. The number of ether oxygens (including phenoxy) is 2. The SMILES string of the molecule is CCC(C)C1C(=O)OC1C(=O)NC(C(=O)NC(CC(C)C)C(=O)OCc1ccccc1)C(C)C. The maximum atomic E-state index is 13.1. The average molecular weight is 475 g/mol. The van der Waals surface area contributed by atoms with Gasteiger partial charge in [-0.1, -0.05) is 78.3 Å². The summed E-state index contributed by atoms with van der Waals surface area (Å²) in [6.07, 6.45) is 0.229. The lowest BCUT2D eigenvalue weighted by Gasteiger charge is -2.38. The third-order valence-electron chi connectivity index (χ3n) is 6.14. The highest BCUT2D eigenvalue weighted by atomic mass is 16.6. The van der Waals surface area contributed by atoms with E-state index < -0.39 is 47.9 Å². The lowest BCUT2D eigenvalue weighted by atomic mass is 9.82. The minimum Gasteiger partial charge on any atom is -0.459 e. The summed E-state index contributed by atoms with van der Waals surface area (Å²) in [5, 5.41) is 5.49. The van der Waals surface area contributed by atoms with Crippen LogP contribution in [0.15, 0.2) is 30.3 Å². The fraction of sp³-hybridized carbons (Fsp3) is 0.615. The Morgan fingerprint density at radius 2 is 1.68 bits per heavy atom. The zero-order valence-electron chi connectivity index (χ0n) is 21.0. The second-order valence-electron chi connectivity index (χ2n) is 9.78. The number of esters is 2. The molecule has 5 unspecified atom stereocenters. The quantitative estimate of drug-likeness (QED) is 0.451. The number of hydrogen-bond acceptors (Lipinski definition) is 6. The number of cyclic esters (lactones) is 1. The molecule has 8 heteroatoms. The van der Waals surface area contributed by atoms with Crippen LogP contribution in [0, 0.1) is 23.7 Å². The smallest absolute Gasteiger partial charge is 0.328 e. The Kier molecular flexibility index (Phi) is 10.1. The van der Waals surface area contributed by atoms with Crippen LogP contribution >= 0.6 is 0 Å². The summed E-state index contributed by atoms with van der Waals surface area (Å²) in [6.45, 7) is 11.5. The molecule has 1 fully saturated rings. The molecule has 0 saturated carbocycles. The molecule has 8 nitrogen and oxygen atoms in total. The summed E-state index contributed by atoms with van der Waals surface area (Å²) >= 11 is 0. The van der Waals surface area contributed by atoms with Crippen LogP contribution in [-0.2, 0) is 35.3 Å². The number of hydrogen-bond donors (Lipinski definition) is 2. The lowest BCUT2D eigenvalue weighted by molar-refractivity contribution is -0.193. The monoisotopic (exact) mass is 474 g/mol. The zero-order valence-corrected chi connectivity index (χ0v) is 21.0. The molecule has 2 rings (SSSR count). The molecule has 0 spiro atoms. The number of benzene rings is 1. The summed E-state index contributed by atoms with van der Waals surface area (Å²) < 4.78 is 10.5. The van der Waals surface area contributed by atoms with Crippen LogP contribution in [-0.4, -0.2) is 41.9 Å². The Hall–Kier alpha value is -2.90. The summed E-state index contributed by atoms with van der Waals surface area (Å²) in [6, 6.07) is 7.57. The van der Waals surface area contributed by atoms with Gasteiger partial charge in [0.05, 0.1) is 0 Å². The molecule has 1 saturated heterocycles. The van der Waals surface area contributed by atoms with Crippen molar-refractivity contribution in [1.82, 2.24) is 10.6 Å². The predicted molar refractivity (Wildman–Crippen MR) is 127 cm³/mol. The van der Waals surface area contributed by atoms with Crippen LogP contribution in [0.1, 0.15) is 59.9 Å². The normalized spacial score (nSPS) is 20.1. The van der Waals surface area contributed by atoms with Gasteiger partial charge in [0.25, 0.3) is 5.91 Å². The van der Waals surface area contributed by atoms with Gasteiger partial charge in [-0.15, -0.1) is 0 Å².